The van der Waals surface area contributed by atoms with Crippen molar-refractivity contribution in [2.24, 2.45) is 0 Å². The Hall–Kier alpha value is -1.33. The number of benzene rings is 2. The minimum atomic E-state index is -0.330. The van der Waals surface area contributed by atoms with E-state index >= 15 is 0 Å². The molecule has 0 aromatic heterocycles. The third kappa shape index (κ3) is 3.16. The van der Waals surface area contributed by atoms with Crippen molar-refractivity contribution in [1.29, 1.82) is 0 Å². The molecule has 98 valence electrons. The van der Waals surface area contributed by atoms with Gasteiger partial charge in [-0.05, 0) is 58.4 Å². The monoisotopic (exact) mass is 339 g/mol. The van der Waals surface area contributed by atoms with Gasteiger partial charge in [-0.1, -0.05) is 0 Å². The van der Waals surface area contributed by atoms with Crippen molar-refractivity contribution in [2.45, 2.75) is 4.90 Å². The first kappa shape index (κ1) is 14.1. The summed E-state index contributed by atoms with van der Waals surface area (Å²) in [7, 11) is 1.65. The molecule has 0 aliphatic rings. The van der Waals surface area contributed by atoms with Gasteiger partial charge in [0.15, 0.2) is 0 Å². The fourth-order valence-electron chi connectivity index (χ4n) is 1.64. The van der Waals surface area contributed by atoms with E-state index in [2.05, 4.69) is 28.6 Å². The highest BCUT2D eigenvalue weighted by Gasteiger charge is 2.16. The number of carbonyl (C=O) groups is 1. The molecule has 0 N–H and O–H groups in total. The van der Waals surface area contributed by atoms with E-state index in [1.165, 1.54) is 17.0 Å². The van der Waals surface area contributed by atoms with E-state index in [4.69, 9.17) is 0 Å². The van der Waals surface area contributed by atoms with Gasteiger partial charge in [0.1, 0.15) is 5.82 Å². The van der Waals surface area contributed by atoms with Crippen LogP contribution in [0.15, 0.2) is 51.8 Å². The summed E-state index contributed by atoms with van der Waals surface area (Å²) in [4.78, 5) is 14.5. The van der Waals surface area contributed by atoms with Crippen molar-refractivity contribution in [3.8, 4) is 0 Å². The zero-order valence-electron chi connectivity index (χ0n) is 10.1. The van der Waals surface area contributed by atoms with Crippen LogP contribution in [0.3, 0.4) is 0 Å². The molecule has 2 aromatic rings. The van der Waals surface area contributed by atoms with E-state index in [-0.39, 0.29) is 11.7 Å². The van der Waals surface area contributed by atoms with Gasteiger partial charge in [0.25, 0.3) is 5.91 Å². The topological polar surface area (TPSA) is 20.3 Å². The lowest BCUT2D eigenvalue weighted by Crippen LogP contribution is -2.26. The first-order valence-corrected chi connectivity index (χ1v) is 6.75. The van der Waals surface area contributed by atoms with Gasteiger partial charge in [-0.25, -0.2) is 4.39 Å². The van der Waals surface area contributed by atoms with Crippen LogP contribution in [0.4, 0.5) is 10.1 Å². The number of thiol groups is 1. The first-order chi connectivity index (χ1) is 8.99. The smallest absolute Gasteiger partial charge is 0.259 e. The third-order valence-corrected chi connectivity index (χ3v) is 3.67. The molecule has 2 nitrogen and oxygen atoms in total. The van der Waals surface area contributed by atoms with Crippen LogP contribution in [0.5, 0.6) is 0 Å². The highest BCUT2D eigenvalue weighted by Crippen LogP contribution is 2.23. The summed E-state index contributed by atoms with van der Waals surface area (Å²) < 4.78 is 13.6. The number of amides is 1. The molecule has 0 saturated heterocycles. The largest absolute Gasteiger partial charge is 0.311 e. The Bertz CT molecular complexity index is 615. The molecule has 0 aliphatic carbocycles. The van der Waals surface area contributed by atoms with E-state index < -0.39 is 0 Å². The molecule has 0 atom stereocenters. The summed E-state index contributed by atoms with van der Waals surface area (Å²) >= 11 is 7.57. The van der Waals surface area contributed by atoms with Crippen molar-refractivity contribution in [3.05, 3.63) is 58.3 Å². The predicted molar refractivity (Wildman–Crippen MR) is 80.5 cm³/mol. The molecule has 2 rings (SSSR count). The molecule has 0 saturated carbocycles. The van der Waals surface area contributed by atoms with Crippen molar-refractivity contribution < 1.29 is 9.18 Å². The number of rotatable bonds is 2. The van der Waals surface area contributed by atoms with Gasteiger partial charge in [-0.3, -0.25) is 4.79 Å². The van der Waals surface area contributed by atoms with E-state index in [1.54, 1.807) is 37.4 Å². The van der Waals surface area contributed by atoms with Gasteiger partial charge in [0, 0.05) is 22.1 Å². The second-order valence-corrected chi connectivity index (χ2v) is 5.38. The molecule has 0 heterocycles. The van der Waals surface area contributed by atoms with Crippen molar-refractivity contribution in [3.63, 3.8) is 0 Å². The molecule has 2 aromatic carbocycles. The molecule has 19 heavy (non-hydrogen) atoms. The fourth-order valence-corrected chi connectivity index (χ4v) is 2.26. The summed E-state index contributed by atoms with van der Waals surface area (Å²) in [5.74, 6) is -0.516. The molecule has 0 fully saturated rings. The first-order valence-electron chi connectivity index (χ1n) is 5.51. The summed E-state index contributed by atoms with van der Waals surface area (Å²) in [6, 6.07) is 11.0. The molecule has 5 heteroatoms. The zero-order valence-corrected chi connectivity index (χ0v) is 12.6. The highest BCUT2D eigenvalue weighted by atomic mass is 79.9. The minimum Gasteiger partial charge on any atom is -0.311 e. The van der Waals surface area contributed by atoms with Gasteiger partial charge in [-0.2, -0.15) is 0 Å². The Morgan fingerprint density at radius 1 is 1.21 bits per heavy atom. The number of hydrogen-bond acceptors (Lipinski definition) is 2. The Kier molecular flexibility index (Phi) is 4.27. The number of hydrogen-bond donors (Lipinski definition) is 1. The van der Waals surface area contributed by atoms with Crippen LogP contribution in [0.25, 0.3) is 0 Å². The summed E-state index contributed by atoms with van der Waals surface area (Å²) in [5, 5.41) is 0. The quantitative estimate of drug-likeness (QED) is 0.815. The second kappa shape index (κ2) is 5.75. The standard InChI is InChI=1S/C14H11BrFNOS/c1-17(10-4-2-9(16)3-5-10)14(18)12-8-11(19)6-7-13(12)15/h2-8,19H,1H3. The zero-order chi connectivity index (χ0) is 14.0. The average Bonchev–Trinajstić information content (AvgIpc) is 2.41. The lowest BCUT2D eigenvalue weighted by molar-refractivity contribution is 0.0992. The van der Waals surface area contributed by atoms with Crippen LogP contribution in [0.1, 0.15) is 10.4 Å². The van der Waals surface area contributed by atoms with E-state index in [0.717, 1.165) is 0 Å². The maximum atomic E-state index is 12.9. The van der Waals surface area contributed by atoms with Crippen LogP contribution in [-0.2, 0) is 0 Å². The number of nitrogens with zero attached hydrogens (tertiary/aromatic N) is 1. The SMILES string of the molecule is CN(C(=O)c1cc(S)ccc1Br)c1ccc(F)cc1. The Labute approximate surface area is 124 Å². The second-order valence-electron chi connectivity index (χ2n) is 4.00. The van der Waals surface area contributed by atoms with Crippen LogP contribution in [0.2, 0.25) is 0 Å². The van der Waals surface area contributed by atoms with Gasteiger partial charge < -0.3 is 4.90 Å². The molecule has 0 spiro atoms. The lowest BCUT2D eigenvalue weighted by Gasteiger charge is -2.18. The van der Waals surface area contributed by atoms with Gasteiger partial charge >= 0.3 is 0 Å². The Balaban J connectivity index is 2.33. The molecular weight excluding hydrogens is 329 g/mol. The molecule has 0 radical (unpaired) electrons. The van der Waals surface area contributed by atoms with E-state index in [0.29, 0.717) is 20.6 Å². The minimum absolute atomic E-state index is 0.186. The van der Waals surface area contributed by atoms with Crippen LogP contribution in [-0.4, -0.2) is 13.0 Å². The maximum Gasteiger partial charge on any atom is 0.259 e. The van der Waals surface area contributed by atoms with Crippen LogP contribution >= 0.6 is 28.6 Å². The average molecular weight is 340 g/mol. The summed E-state index contributed by atoms with van der Waals surface area (Å²) in [5.41, 5.74) is 1.14. The normalized spacial score (nSPS) is 10.3. The number of carbonyl (C=O) groups excluding carboxylic acids is 1. The lowest BCUT2D eigenvalue weighted by atomic mass is 10.2. The highest BCUT2D eigenvalue weighted by molar-refractivity contribution is 9.10. The molecular formula is C14H11BrFNOS. The van der Waals surface area contributed by atoms with Crippen molar-refractivity contribution >= 4 is 40.2 Å². The summed E-state index contributed by atoms with van der Waals surface area (Å²) in [6.07, 6.45) is 0. The van der Waals surface area contributed by atoms with Gasteiger partial charge in [-0.15, -0.1) is 12.6 Å². The molecule has 1 amide bonds. The fraction of sp³-hybridized carbons (Fsp3) is 0.0714. The molecule has 0 bridgehead atoms. The number of halogens is 2. The third-order valence-electron chi connectivity index (χ3n) is 2.70. The molecule has 0 unspecified atom stereocenters. The Morgan fingerprint density at radius 3 is 2.47 bits per heavy atom. The van der Waals surface area contributed by atoms with Crippen molar-refractivity contribution in [1.82, 2.24) is 0 Å². The van der Waals surface area contributed by atoms with E-state index in [1.807, 2.05) is 0 Å². The van der Waals surface area contributed by atoms with E-state index in [9.17, 15) is 9.18 Å². The van der Waals surface area contributed by atoms with Crippen LogP contribution < -0.4 is 4.90 Å². The van der Waals surface area contributed by atoms with Crippen molar-refractivity contribution in [2.75, 3.05) is 11.9 Å². The molecule has 0 aliphatic heterocycles. The summed E-state index contributed by atoms with van der Waals surface area (Å²) in [6.45, 7) is 0. The van der Waals surface area contributed by atoms with Gasteiger partial charge in [0.2, 0.25) is 0 Å². The van der Waals surface area contributed by atoms with Gasteiger partial charge in [0.05, 0.1) is 5.56 Å². The number of anilines is 1. The Morgan fingerprint density at radius 2 is 1.84 bits per heavy atom. The van der Waals surface area contributed by atoms with Crippen LogP contribution in [0, 0.1) is 5.82 Å². The predicted octanol–water partition coefficient (Wildman–Crippen LogP) is 4.15. The maximum absolute atomic E-state index is 12.9.